The summed E-state index contributed by atoms with van der Waals surface area (Å²) < 4.78 is 52.3. The molecular weight excluding hydrogens is 503 g/mol. The number of carboxylic acids is 1. The normalized spacial score (nSPS) is 13.9. The fourth-order valence-corrected chi connectivity index (χ4v) is 3.83. The second kappa shape index (κ2) is 14.5. The van der Waals surface area contributed by atoms with E-state index in [-0.39, 0.29) is 30.5 Å². The molecule has 11 heteroatoms. The first-order valence-corrected chi connectivity index (χ1v) is 12.4. The van der Waals surface area contributed by atoms with Crippen molar-refractivity contribution in [1.29, 1.82) is 0 Å². The minimum atomic E-state index is -4.58. The number of carbonyl (C=O) groups excluding carboxylic acids is 1. The molecule has 3 atom stereocenters. The third kappa shape index (κ3) is 9.77. The number of anilines is 1. The predicted octanol–water partition coefficient (Wildman–Crippen LogP) is 4.77. The zero-order valence-electron chi connectivity index (χ0n) is 22.0. The van der Waals surface area contributed by atoms with E-state index in [2.05, 4.69) is 16.0 Å². The quantitative estimate of drug-likeness (QED) is 0.258. The summed E-state index contributed by atoms with van der Waals surface area (Å²) in [6.07, 6.45) is -3.84. The minimum Gasteiger partial charge on any atom is -0.494 e. The number of rotatable bonds is 15. The van der Waals surface area contributed by atoms with Crippen LogP contribution >= 0.6 is 0 Å². The zero-order valence-corrected chi connectivity index (χ0v) is 22.0. The fourth-order valence-electron chi connectivity index (χ4n) is 3.83. The molecule has 0 saturated heterocycles. The predicted molar refractivity (Wildman–Crippen MR) is 138 cm³/mol. The SMILES string of the molecule is CC[C@@H](CNc1ccc(OCC(=O)O)cc1OC)NC(=O)[C@H](CC(C)C)N[C@@H](c1ccccc1)C(F)(F)F. The number of alkyl halides is 3. The number of benzene rings is 2. The Morgan fingerprint density at radius 3 is 2.32 bits per heavy atom. The van der Waals surface area contributed by atoms with Gasteiger partial charge >= 0.3 is 12.1 Å². The molecule has 2 aromatic carbocycles. The number of carboxylic acid groups (broad SMARTS) is 1. The molecule has 0 radical (unpaired) electrons. The summed E-state index contributed by atoms with van der Waals surface area (Å²) >= 11 is 0. The molecule has 4 N–H and O–H groups in total. The molecule has 38 heavy (non-hydrogen) atoms. The van der Waals surface area contributed by atoms with E-state index in [0.29, 0.717) is 23.6 Å². The van der Waals surface area contributed by atoms with Crippen molar-refractivity contribution in [2.45, 2.75) is 57.9 Å². The smallest absolute Gasteiger partial charge is 0.407 e. The second-order valence-corrected chi connectivity index (χ2v) is 9.27. The highest BCUT2D eigenvalue weighted by Crippen LogP contribution is 2.33. The number of amides is 1. The van der Waals surface area contributed by atoms with Gasteiger partial charge in [-0.1, -0.05) is 51.1 Å². The Balaban J connectivity index is 2.11. The summed E-state index contributed by atoms with van der Waals surface area (Å²) in [5.74, 6) is -0.919. The maximum Gasteiger partial charge on any atom is 0.407 e. The van der Waals surface area contributed by atoms with Crippen molar-refractivity contribution in [3.05, 3.63) is 54.1 Å². The summed E-state index contributed by atoms with van der Waals surface area (Å²) in [5.41, 5.74) is 0.624. The van der Waals surface area contributed by atoms with Crippen LogP contribution in [0.2, 0.25) is 0 Å². The number of halogens is 3. The standard InChI is InChI=1S/C27H36F3N3O5/c1-5-19(15-31-21-12-11-20(14-23(21)37-4)38-16-24(34)35)32-26(36)22(13-17(2)3)33-25(27(28,29)30)18-9-7-6-8-10-18/h6-12,14,17,19,22,25,31,33H,5,13,15-16H2,1-4H3,(H,32,36)(H,34,35)/t19-,22-,25-/m0/s1. The third-order valence-corrected chi connectivity index (χ3v) is 5.77. The van der Waals surface area contributed by atoms with Crippen LogP contribution in [0.4, 0.5) is 18.9 Å². The Labute approximate surface area is 220 Å². The van der Waals surface area contributed by atoms with E-state index in [0.717, 1.165) is 0 Å². The van der Waals surface area contributed by atoms with E-state index in [1.165, 1.54) is 37.4 Å². The molecule has 2 rings (SSSR count). The van der Waals surface area contributed by atoms with Crippen LogP contribution in [0.25, 0.3) is 0 Å². The Morgan fingerprint density at radius 1 is 1.08 bits per heavy atom. The van der Waals surface area contributed by atoms with Gasteiger partial charge in [-0.25, -0.2) is 4.79 Å². The Bertz CT molecular complexity index is 1030. The van der Waals surface area contributed by atoms with Crippen LogP contribution < -0.4 is 25.4 Å². The van der Waals surface area contributed by atoms with E-state index in [1.54, 1.807) is 18.2 Å². The topological polar surface area (TPSA) is 109 Å². The van der Waals surface area contributed by atoms with Crippen molar-refractivity contribution < 1.29 is 37.3 Å². The molecule has 8 nitrogen and oxygen atoms in total. The summed E-state index contributed by atoms with van der Waals surface area (Å²) in [6.45, 7) is 5.35. The molecule has 0 unspecified atom stereocenters. The van der Waals surface area contributed by atoms with Gasteiger partial charge < -0.3 is 25.2 Å². The number of hydrogen-bond acceptors (Lipinski definition) is 6. The highest BCUT2D eigenvalue weighted by molar-refractivity contribution is 5.82. The Kier molecular flexibility index (Phi) is 11.7. The van der Waals surface area contributed by atoms with Gasteiger partial charge in [-0.05, 0) is 36.5 Å². The van der Waals surface area contributed by atoms with Crippen molar-refractivity contribution in [3.8, 4) is 11.5 Å². The van der Waals surface area contributed by atoms with Gasteiger partial charge in [-0.15, -0.1) is 0 Å². The molecule has 210 valence electrons. The maximum atomic E-state index is 13.9. The van der Waals surface area contributed by atoms with Gasteiger partial charge in [0.2, 0.25) is 5.91 Å². The van der Waals surface area contributed by atoms with Crippen molar-refractivity contribution in [3.63, 3.8) is 0 Å². The van der Waals surface area contributed by atoms with E-state index >= 15 is 0 Å². The van der Waals surface area contributed by atoms with Gasteiger partial charge in [0, 0.05) is 18.7 Å². The van der Waals surface area contributed by atoms with Gasteiger partial charge in [0.1, 0.15) is 17.5 Å². The third-order valence-electron chi connectivity index (χ3n) is 5.77. The highest BCUT2D eigenvalue weighted by Gasteiger charge is 2.43. The number of carbonyl (C=O) groups is 2. The molecule has 0 heterocycles. The van der Waals surface area contributed by atoms with Crippen LogP contribution in [-0.2, 0) is 9.59 Å². The second-order valence-electron chi connectivity index (χ2n) is 9.27. The summed E-state index contributed by atoms with van der Waals surface area (Å²) in [6, 6.07) is 8.83. The van der Waals surface area contributed by atoms with Crippen molar-refractivity contribution >= 4 is 17.6 Å². The lowest BCUT2D eigenvalue weighted by molar-refractivity contribution is -0.161. The van der Waals surface area contributed by atoms with E-state index in [4.69, 9.17) is 14.6 Å². The number of ether oxygens (including phenoxy) is 2. The van der Waals surface area contributed by atoms with Crippen LogP contribution in [0, 0.1) is 5.92 Å². The Morgan fingerprint density at radius 2 is 1.76 bits per heavy atom. The molecular formula is C27H36F3N3O5. The molecule has 0 aliphatic carbocycles. The van der Waals surface area contributed by atoms with Gasteiger partial charge in [0.05, 0.1) is 18.8 Å². The van der Waals surface area contributed by atoms with E-state index in [1.807, 2.05) is 20.8 Å². The first-order valence-electron chi connectivity index (χ1n) is 12.4. The Hall–Kier alpha value is -3.47. The molecule has 0 aliphatic heterocycles. The average molecular weight is 540 g/mol. The summed E-state index contributed by atoms with van der Waals surface area (Å²) in [5, 5.41) is 17.4. The average Bonchev–Trinajstić information content (AvgIpc) is 2.87. The minimum absolute atomic E-state index is 0.0211. The number of hydrogen-bond donors (Lipinski definition) is 4. The van der Waals surface area contributed by atoms with Gasteiger partial charge in [-0.2, -0.15) is 13.2 Å². The van der Waals surface area contributed by atoms with Crippen LogP contribution in [0.1, 0.15) is 45.2 Å². The van der Waals surface area contributed by atoms with Crippen molar-refractivity contribution in [1.82, 2.24) is 10.6 Å². The van der Waals surface area contributed by atoms with Crippen LogP contribution in [0.3, 0.4) is 0 Å². The molecule has 0 saturated carbocycles. The lowest BCUT2D eigenvalue weighted by atomic mass is 9.99. The molecule has 0 spiro atoms. The molecule has 0 aromatic heterocycles. The molecule has 1 amide bonds. The van der Waals surface area contributed by atoms with Crippen molar-refractivity contribution in [2.75, 3.05) is 25.6 Å². The highest BCUT2D eigenvalue weighted by atomic mass is 19.4. The lowest BCUT2D eigenvalue weighted by Crippen LogP contribution is -2.52. The first kappa shape index (κ1) is 30.8. The van der Waals surface area contributed by atoms with Crippen LogP contribution in [0.5, 0.6) is 11.5 Å². The first-order chi connectivity index (χ1) is 17.9. The largest absolute Gasteiger partial charge is 0.494 e. The summed E-state index contributed by atoms with van der Waals surface area (Å²) in [7, 11) is 1.45. The zero-order chi connectivity index (χ0) is 28.3. The van der Waals surface area contributed by atoms with E-state index < -0.39 is 36.7 Å². The van der Waals surface area contributed by atoms with Gasteiger partial charge in [-0.3, -0.25) is 10.1 Å². The molecule has 0 bridgehead atoms. The van der Waals surface area contributed by atoms with Crippen molar-refractivity contribution in [2.24, 2.45) is 5.92 Å². The van der Waals surface area contributed by atoms with Gasteiger partial charge in [0.15, 0.2) is 6.61 Å². The van der Waals surface area contributed by atoms with Crippen LogP contribution in [-0.4, -0.2) is 55.5 Å². The van der Waals surface area contributed by atoms with E-state index in [9.17, 15) is 22.8 Å². The monoisotopic (exact) mass is 539 g/mol. The maximum absolute atomic E-state index is 13.9. The number of nitrogens with one attached hydrogen (secondary N) is 3. The number of methoxy groups -OCH3 is 1. The van der Waals surface area contributed by atoms with Gasteiger partial charge in [0.25, 0.3) is 0 Å². The number of aliphatic carboxylic acids is 1. The van der Waals surface area contributed by atoms with Crippen LogP contribution in [0.15, 0.2) is 48.5 Å². The lowest BCUT2D eigenvalue weighted by Gasteiger charge is -2.29. The molecule has 2 aromatic rings. The summed E-state index contributed by atoms with van der Waals surface area (Å²) in [4.78, 5) is 23.9. The fraction of sp³-hybridized carbons (Fsp3) is 0.481. The molecule has 0 fully saturated rings. The molecule has 0 aliphatic rings.